The largest absolute Gasteiger partial charge is 0.496 e. The molecule has 0 aliphatic carbocycles. The van der Waals surface area contributed by atoms with Crippen LogP contribution in [0.3, 0.4) is 0 Å². The Kier molecular flexibility index (Phi) is 7.32. The molecule has 4 nitrogen and oxygen atoms in total. The third-order valence-corrected chi connectivity index (χ3v) is 5.91. The fraction of sp³-hybridized carbons (Fsp3) is 0.154. The van der Waals surface area contributed by atoms with Gasteiger partial charge in [-0.2, -0.15) is 8.42 Å². The summed E-state index contributed by atoms with van der Waals surface area (Å²) in [4.78, 5) is 0.101. The van der Waals surface area contributed by atoms with Crippen LogP contribution in [-0.4, -0.2) is 15.5 Å². The van der Waals surface area contributed by atoms with Crippen LogP contribution in [-0.2, 0) is 16.5 Å². The lowest BCUT2D eigenvalue weighted by Crippen LogP contribution is -2.10. The Morgan fingerprint density at radius 1 is 0.903 bits per heavy atom. The molecule has 3 aromatic carbocycles. The van der Waals surface area contributed by atoms with Gasteiger partial charge in [-0.3, -0.25) is 0 Å². The first-order valence-electron chi connectivity index (χ1n) is 9.96. The van der Waals surface area contributed by atoms with Crippen molar-refractivity contribution in [3.63, 3.8) is 0 Å². The van der Waals surface area contributed by atoms with E-state index in [-0.39, 0.29) is 10.6 Å². The molecule has 0 N–H and O–H groups in total. The predicted molar refractivity (Wildman–Crippen MR) is 126 cm³/mol. The molecule has 0 heterocycles. The first-order chi connectivity index (χ1) is 14.9. The number of rotatable bonds is 8. The van der Waals surface area contributed by atoms with Gasteiger partial charge in [0, 0.05) is 11.6 Å². The van der Waals surface area contributed by atoms with Gasteiger partial charge in [0.25, 0.3) is 0 Å². The van der Waals surface area contributed by atoms with E-state index in [1.807, 2.05) is 56.3 Å². The summed E-state index contributed by atoms with van der Waals surface area (Å²) < 4.78 is 36.4. The molecule has 31 heavy (non-hydrogen) atoms. The van der Waals surface area contributed by atoms with E-state index in [9.17, 15) is 8.42 Å². The van der Waals surface area contributed by atoms with E-state index in [1.165, 1.54) is 17.7 Å². The van der Waals surface area contributed by atoms with Crippen LogP contribution < -0.4 is 8.92 Å². The van der Waals surface area contributed by atoms with Gasteiger partial charge < -0.3 is 8.92 Å². The van der Waals surface area contributed by atoms with Crippen LogP contribution in [0.4, 0.5) is 0 Å². The van der Waals surface area contributed by atoms with E-state index < -0.39 is 10.1 Å². The molecule has 3 rings (SSSR count). The zero-order valence-corrected chi connectivity index (χ0v) is 18.7. The second-order valence-corrected chi connectivity index (χ2v) is 8.82. The molecule has 160 valence electrons. The Morgan fingerprint density at radius 2 is 1.55 bits per heavy atom. The van der Waals surface area contributed by atoms with Gasteiger partial charge in [-0.1, -0.05) is 72.3 Å². The molecule has 0 fully saturated rings. The summed E-state index contributed by atoms with van der Waals surface area (Å²) in [5.74, 6) is 0.778. The lowest BCUT2D eigenvalue weighted by molar-refractivity contribution is 0.407. The van der Waals surface area contributed by atoms with E-state index >= 15 is 0 Å². The van der Waals surface area contributed by atoms with E-state index in [4.69, 9.17) is 8.92 Å². The second kappa shape index (κ2) is 10.1. The van der Waals surface area contributed by atoms with Crippen molar-refractivity contribution in [2.24, 2.45) is 0 Å². The molecule has 0 bridgehead atoms. The fourth-order valence-electron chi connectivity index (χ4n) is 3.06. The molecule has 0 amide bonds. The molecule has 0 aliphatic rings. The van der Waals surface area contributed by atoms with Gasteiger partial charge in [-0.15, -0.1) is 0 Å². The molecule has 0 atom stereocenters. The minimum Gasteiger partial charge on any atom is -0.496 e. The highest BCUT2D eigenvalue weighted by Gasteiger charge is 2.18. The maximum atomic E-state index is 12.7. The maximum Gasteiger partial charge on any atom is 0.339 e. The molecule has 0 saturated heterocycles. The van der Waals surface area contributed by atoms with Crippen LogP contribution in [0.5, 0.6) is 11.5 Å². The van der Waals surface area contributed by atoms with Crippen LogP contribution >= 0.6 is 0 Å². The number of allylic oxidation sites excluding steroid dienone is 2. The van der Waals surface area contributed by atoms with Gasteiger partial charge in [0.15, 0.2) is 0 Å². The summed E-state index contributed by atoms with van der Waals surface area (Å²) >= 11 is 0. The van der Waals surface area contributed by atoms with Crippen molar-refractivity contribution in [3.8, 4) is 11.5 Å². The molecule has 0 saturated carbocycles. The Morgan fingerprint density at radius 3 is 2.16 bits per heavy atom. The van der Waals surface area contributed by atoms with Crippen molar-refractivity contribution in [2.75, 3.05) is 7.11 Å². The Hall–Kier alpha value is -3.31. The van der Waals surface area contributed by atoms with Gasteiger partial charge in [-0.25, -0.2) is 0 Å². The first kappa shape index (κ1) is 22.4. The summed E-state index contributed by atoms with van der Waals surface area (Å²) in [7, 11) is -2.38. The fourth-order valence-corrected chi connectivity index (χ4v) is 3.99. The zero-order chi connectivity index (χ0) is 22.3. The Balaban J connectivity index is 2.05. The number of hydrogen-bond donors (Lipinski definition) is 0. The molecular weight excluding hydrogens is 408 g/mol. The first-order valence-corrected chi connectivity index (χ1v) is 11.4. The second-order valence-electron chi connectivity index (χ2n) is 7.27. The summed E-state index contributed by atoms with van der Waals surface area (Å²) in [6, 6.07) is 21.3. The third-order valence-electron chi connectivity index (χ3n) is 4.64. The number of benzene rings is 3. The molecule has 0 aliphatic heterocycles. The van der Waals surface area contributed by atoms with Crippen molar-refractivity contribution in [1.29, 1.82) is 0 Å². The van der Waals surface area contributed by atoms with Crippen molar-refractivity contribution in [2.45, 2.75) is 25.2 Å². The highest BCUT2D eigenvalue weighted by Crippen LogP contribution is 2.32. The molecule has 0 aromatic heterocycles. The smallest absolute Gasteiger partial charge is 0.339 e. The zero-order valence-electron chi connectivity index (χ0n) is 17.9. The minimum absolute atomic E-state index is 0.101. The summed E-state index contributed by atoms with van der Waals surface area (Å²) in [6.45, 7) is 4.08. The Labute approximate surface area is 184 Å². The quantitative estimate of drug-likeness (QED) is 0.243. The van der Waals surface area contributed by atoms with E-state index in [2.05, 4.69) is 6.08 Å². The maximum absolute atomic E-state index is 12.7. The van der Waals surface area contributed by atoms with Crippen LogP contribution in [0.15, 0.2) is 89.3 Å². The SMILES string of the molecule is COc1cc(OS(=O)(=O)c2ccccc2)cc(/C=C/c2ccccc2)c1CC=C(C)C. The normalized spacial score (nSPS) is 11.3. The van der Waals surface area contributed by atoms with Crippen LogP contribution in [0.1, 0.15) is 30.5 Å². The van der Waals surface area contributed by atoms with E-state index in [0.717, 1.165) is 16.7 Å². The predicted octanol–water partition coefficient (Wildman–Crippen LogP) is 6.14. The highest BCUT2D eigenvalue weighted by molar-refractivity contribution is 7.87. The van der Waals surface area contributed by atoms with Crippen molar-refractivity contribution >= 4 is 22.3 Å². The Bertz CT molecular complexity index is 1170. The topological polar surface area (TPSA) is 52.6 Å². The van der Waals surface area contributed by atoms with Gasteiger partial charge in [0.05, 0.1) is 7.11 Å². The molecule has 3 aromatic rings. The summed E-state index contributed by atoms with van der Waals surface area (Å²) in [5, 5.41) is 0. The molecule has 5 heteroatoms. The molecule has 0 radical (unpaired) electrons. The lowest BCUT2D eigenvalue weighted by Gasteiger charge is -2.14. The highest BCUT2D eigenvalue weighted by atomic mass is 32.2. The minimum atomic E-state index is -3.95. The average molecular weight is 435 g/mol. The summed E-state index contributed by atoms with van der Waals surface area (Å²) in [6.07, 6.45) is 6.70. The van der Waals surface area contributed by atoms with E-state index in [0.29, 0.717) is 12.2 Å². The van der Waals surface area contributed by atoms with Crippen molar-refractivity contribution in [1.82, 2.24) is 0 Å². The van der Waals surface area contributed by atoms with Gasteiger partial charge in [0.1, 0.15) is 16.4 Å². The van der Waals surface area contributed by atoms with Crippen molar-refractivity contribution in [3.05, 3.63) is 101 Å². The monoisotopic (exact) mass is 434 g/mol. The van der Waals surface area contributed by atoms with Gasteiger partial charge in [-0.05, 0) is 49.6 Å². The van der Waals surface area contributed by atoms with Crippen LogP contribution in [0.25, 0.3) is 12.2 Å². The third kappa shape index (κ3) is 6.09. The van der Waals surface area contributed by atoms with E-state index in [1.54, 1.807) is 37.4 Å². The van der Waals surface area contributed by atoms with Crippen molar-refractivity contribution < 1.29 is 17.3 Å². The summed E-state index contributed by atoms with van der Waals surface area (Å²) in [5.41, 5.74) is 4.02. The standard InChI is InChI=1S/C26H26O4S/c1-20(2)14-17-25-22(16-15-21-10-6-4-7-11-21)18-23(19-26(25)29-3)30-31(27,28)24-12-8-5-9-13-24/h4-16,18-19H,17H2,1-3H3/b16-15+. The van der Waals surface area contributed by atoms with Gasteiger partial charge >= 0.3 is 10.1 Å². The molecular formula is C26H26O4S. The molecule has 0 unspecified atom stereocenters. The number of hydrogen-bond acceptors (Lipinski definition) is 4. The average Bonchev–Trinajstić information content (AvgIpc) is 2.77. The van der Waals surface area contributed by atoms with Gasteiger partial charge in [0.2, 0.25) is 0 Å². The number of methoxy groups -OCH3 is 1. The van der Waals surface area contributed by atoms with Crippen LogP contribution in [0.2, 0.25) is 0 Å². The molecule has 0 spiro atoms. The van der Waals surface area contributed by atoms with Crippen LogP contribution in [0, 0.1) is 0 Å². The lowest BCUT2D eigenvalue weighted by atomic mass is 10.00. The number of ether oxygens (including phenoxy) is 1.